The highest BCUT2D eigenvalue weighted by atomic mass is 16.5. The van der Waals surface area contributed by atoms with Gasteiger partial charge in [-0.3, -0.25) is 14.4 Å². The molecule has 1 atom stereocenters. The van der Waals surface area contributed by atoms with E-state index in [0.717, 1.165) is 19.3 Å². The van der Waals surface area contributed by atoms with Crippen LogP contribution in [0.2, 0.25) is 0 Å². The fourth-order valence-electron chi connectivity index (χ4n) is 2.58. The van der Waals surface area contributed by atoms with Crippen LogP contribution in [0.5, 0.6) is 0 Å². The maximum Gasteiger partial charge on any atom is 0.307 e. The van der Waals surface area contributed by atoms with Gasteiger partial charge in [-0.15, -0.1) is 0 Å². The molecule has 0 bridgehead atoms. The number of nitrogens with two attached hydrogens (primary N) is 1. The zero-order chi connectivity index (χ0) is 16.1. The Balaban J connectivity index is 1.90. The first-order chi connectivity index (χ1) is 10.5. The summed E-state index contributed by atoms with van der Waals surface area (Å²) in [6.07, 6.45) is 3.49. The third-order valence-corrected chi connectivity index (χ3v) is 3.94. The number of ketones is 1. The molecule has 0 aromatic heterocycles. The lowest BCUT2D eigenvalue weighted by Crippen LogP contribution is -2.30. The maximum atomic E-state index is 12.2. The molecule has 0 radical (unpaired) electrons. The van der Waals surface area contributed by atoms with Crippen molar-refractivity contribution < 1.29 is 19.1 Å². The molecule has 1 amide bonds. The van der Waals surface area contributed by atoms with Gasteiger partial charge in [0.1, 0.15) is 0 Å². The average Bonchev–Trinajstić information content (AvgIpc) is 2.52. The molecule has 5 heteroatoms. The molecule has 0 fully saturated rings. The molecule has 1 aromatic carbocycles. The SMILES string of the molecule is CC(OC(=O)CCC(=O)c1ccc2c(c1)CCCC2)C(N)=O. The Morgan fingerprint density at radius 1 is 1.14 bits per heavy atom. The molecule has 118 valence electrons. The van der Waals surface area contributed by atoms with Gasteiger partial charge in [-0.2, -0.15) is 0 Å². The molecule has 22 heavy (non-hydrogen) atoms. The van der Waals surface area contributed by atoms with Gasteiger partial charge in [-0.1, -0.05) is 12.1 Å². The lowest BCUT2D eigenvalue weighted by atomic mass is 9.89. The molecule has 1 aliphatic carbocycles. The van der Waals surface area contributed by atoms with Gasteiger partial charge < -0.3 is 10.5 Å². The van der Waals surface area contributed by atoms with Crippen LogP contribution in [0.4, 0.5) is 0 Å². The molecular formula is C17H21NO4. The van der Waals surface area contributed by atoms with E-state index in [0.29, 0.717) is 5.56 Å². The van der Waals surface area contributed by atoms with E-state index in [2.05, 4.69) is 0 Å². The number of ether oxygens (including phenoxy) is 1. The van der Waals surface area contributed by atoms with Crippen molar-refractivity contribution >= 4 is 17.7 Å². The van der Waals surface area contributed by atoms with Gasteiger partial charge in [0, 0.05) is 12.0 Å². The van der Waals surface area contributed by atoms with Crippen molar-refractivity contribution in [3.05, 3.63) is 34.9 Å². The van der Waals surface area contributed by atoms with E-state index in [1.165, 1.54) is 24.5 Å². The van der Waals surface area contributed by atoms with Crippen molar-refractivity contribution in [1.29, 1.82) is 0 Å². The lowest BCUT2D eigenvalue weighted by molar-refractivity contribution is -0.153. The minimum Gasteiger partial charge on any atom is -0.453 e. The maximum absolute atomic E-state index is 12.2. The minimum absolute atomic E-state index is 0.0481. The summed E-state index contributed by atoms with van der Waals surface area (Å²) in [6, 6.07) is 5.77. The Morgan fingerprint density at radius 3 is 2.50 bits per heavy atom. The van der Waals surface area contributed by atoms with E-state index in [9.17, 15) is 14.4 Å². The van der Waals surface area contributed by atoms with Crippen LogP contribution < -0.4 is 5.73 Å². The number of primary amides is 1. The zero-order valence-electron chi connectivity index (χ0n) is 12.8. The molecule has 2 rings (SSSR count). The van der Waals surface area contributed by atoms with Gasteiger partial charge >= 0.3 is 5.97 Å². The molecule has 0 aliphatic heterocycles. The minimum atomic E-state index is -0.966. The Bertz CT molecular complexity index is 594. The molecule has 2 N–H and O–H groups in total. The average molecular weight is 303 g/mol. The molecule has 0 spiro atoms. The van der Waals surface area contributed by atoms with E-state index >= 15 is 0 Å². The fraction of sp³-hybridized carbons (Fsp3) is 0.471. The van der Waals surface area contributed by atoms with Crippen molar-refractivity contribution in [3.63, 3.8) is 0 Å². The van der Waals surface area contributed by atoms with Crippen LogP contribution in [0.1, 0.15) is 54.1 Å². The molecule has 0 saturated carbocycles. The van der Waals surface area contributed by atoms with Crippen LogP contribution in [0, 0.1) is 0 Å². The van der Waals surface area contributed by atoms with Crippen molar-refractivity contribution in [1.82, 2.24) is 0 Å². The molecular weight excluding hydrogens is 282 g/mol. The highest BCUT2D eigenvalue weighted by Gasteiger charge is 2.17. The van der Waals surface area contributed by atoms with Crippen LogP contribution >= 0.6 is 0 Å². The van der Waals surface area contributed by atoms with Gasteiger partial charge in [-0.25, -0.2) is 0 Å². The van der Waals surface area contributed by atoms with Crippen LogP contribution in [-0.4, -0.2) is 23.8 Å². The number of fused-ring (bicyclic) bond motifs is 1. The number of Topliss-reactive ketones (excluding diaryl/α,β-unsaturated/α-hetero) is 1. The van der Waals surface area contributed by atoms with Crippen LogP contribution in [0.25, 0.3) is 0 Å². The first-order valence-electron chi connectivity index (χ1n) is 7.61. The zero-order valence-corrected chi connectivity index (χ0v) is 12.8. The van der Waals surface area contributed by atoms with E-state index < -0.39 is 18.0 Å². The first kappa shape index (κ1) is 16.2. The standard InChI is InChI=1S/C17H21NO4/c1-11(17(18)21)22-16(20)9-8-15(19)14-7-6-12-4-2-3-5-13(12)10-14/h6-7,10-11H,2-5,8-9H2,1H3,(H2,18,21). The number of carbonyl (C=O) groups is 3. The molecule has 0 heterocycles. The van der Waals surface area contributed by atoms with Crippen LogP contribution in [0.15, 0.2) is 18.2 Å². The highest BCUT2D eigenvalue weighted by Crippen LogP contribution is 2.23. The number of amides is 1. The number of rotatable bonds is 6. The fourth-order valence-corrected chi connectivity index (χ4v) is 2.58. The van der Waals surface area contributed by atoms with E-state index in [1.807, 2.05) is 18.2 Å². The number of esters is 1. The third-order valence-electron chi connectivity index (χ3n) is 3.94. The number of hydrogen-bond donors (Lipinski definition) is 1. The molecule has 1 aliphatic rings. The predicted molar refractivity (Wildman–Crippen MR) is 81.4 cm³/mol. The summed E-state index contributed by atoms with van der Waals surface area (Å²) in [6.45, 7) is 1.41. The monoisotopic (exact) mass is 303 g/mol. The summed E-state index contributed by atoms with van der Waals surface area (Å²) < 4.78 is 4.82. The number of aryl methyl sites for hydroxylation is 2. The lowest BCUT2D eigenvalue weighted by Gasteiger charge is -2.16. The Hall–Kier alpha value is -2.17. The number of carbonyl (C=O) groups excluding carboxylic acids is 3. The van der Waals surface area contributed by atoms with Gasteiger partial charge in [-0.05, 0) is 49.8 Å². The van der Waals surface area contributed by atoms with E-state index in [1.54, 1.807) is 0 Å². The van der Waals surface area contributed by atoms with Crippen LogP contribution in [-0.2, 0) is 27.2 Å². The second-order valence-electron chi connectivity index (χ2n) is 5.65. The summed E-state index contributed by atoms with van der Waals surface area (Å²) in [7, 11) is 0. The summed E-state index contributed by atoms with van der Waals surface area (Å²) in [5.41, 5.74) is 8.20. The van der Waals surface area contributed by atoms with Crippen molar-refractivity contribution in [2.24, 2.45) is 5.73 Å². The van der Waals surface area contributed by atoms with Gasteiger partial charge in [0.25, 0.3) is 5.91 Å². The predicted octanol–water partition coefficient (Wildman–Crippen LogP) is 1.95. The topological polar surface area (TPSA) is 86.5 Å². The van der Waals surface area contributed by atoms with Crippen LogP contribution in [0.3, 0.4) is 0 Å². The normalized spacial score (nSPS) is 14.8. The van der Waals surface area contributed by atoms with Crippen molar-refractivity contribution in [2.75, 3.05) is 0 Å². The van der Waals surface area contributed by atoms with E-state index in [-0.39, 0.29) is 18.6 Å². The number of benzene rings is 1. The first-order valence-corrected chi connectivity index (χ1v) is 7.61. The van der Waals surface area contributed by atoms with Gasteiger partial charge in [0.2, 0.25) is 0 Å². The quantitative estimate of drug-likeness (QED) is 0.643. The Morgan fingerprint density at radius 2 is 1.82 bits per heavy atom. The number of hydrogen-bond acceptors (Lipinski definition) is 4. The molecule has 5 nitrogen and oxygen atoms in total. The largest absolute Gasteiger partial charge is 0.453 e. The second-order valence-corrected chi connectivity index (χ2v) is 5.65. The Kier molecular flexibility index (Phi) is 5.31. The van der Waals surface area contributed by atoms with Crippen molar-refractivity contribution in [3.8, 4) is 0 Å². The second kappa shape index (κ2) is 7.20. The summed E-state index contributed by atoms with van der Waals surface area (Å²) >= 11 is 0. The summed E-state index contributed by atoms with van der Waals surface area (Å²) in [4.78, 5) is 34.5. The molecule has 1 aromatic rings. The smallest absolute Gasteiger partial charge is 0.307 e. The third kappa shape index (κ3) is 4.16. The van der Waals surface area contributed by atoms with Crippen molar-refractivity contribution in [2.45, 2.75) is 51.6 Å². The van der Waals surface area contributed by atoms with E-state index in [4.69, 9.17) is 10.5 Å². The highest BCUT2D eigenvalue weighted by molar-refractivity contribution is 5.98. The van der Waals surface area contributed by atoms with Gasteiger partial charge in [0.05, 0.1) is 6.42 Å². The van der Waals surface area contributed by atoms with Gasteiger partial charge in [0.15, 0.2) is 11.9 Å². The Labute approximate surface area is 129 Å². The molecule has 1 unspecified atom stereocenters. The summed E-state index contributed by atoms with van der Waals surface area (Å²) in [5, 5.41) is 0. The molecule has 0 saturated heterocycles. The summed E-state index contributed by atoms with van der Waals surface area (Å²) in [5.74, 6) is -1.37.